The lowest BCUT2D eigenvalue weighted by Gasteiger charge is -2.21. The van der Waals surface area contributed by atoms with Gasteiger partial charge >= 0.3 is 11.9 Å². The average Bonchev–Trinajstić information content (AvgIpc) is 2.55. The number of carbonyl (C=O) groups is 2. The topological polar surface area (TPSA) is 81.9 Å². The van der Waals surface area contributed by atoms with Crippen LogP contribution >= 0.6 is 0 Å². The average molecular weight is 334 g/mol. The van der Waals surface area contributed by atoms with E-state index >= 15 is 0 Å². The van der Waals surface area contributed by atoms with Crippen molar-refractivity contribution in [3.05, 3.63) is 34.7 Å². The van der Waals surface area contributed by atoms with E-state index in [-0.39, 0.29) is 19.8 Å². The zero-order valence-electron chi connectivity index (χ0n) is 14.1. The molecule has 0 saturated heterocycles. The Morgan fingerprint density at radius 3 is 2.00 bits per heavy atom. The first kappa shape index (κ1) is 19.7. The Bertz CT molecular complexity index is 556. The minimum atomic E-state index is -1.28. The van der Waals surface area contributed by atoms with Crippen LogP contribution in [0.1, 0.15) is 25.3 Å². The molecule has 0 aliphatic rings. The number of rotatable bonds is 9. The van der Waals surface area contributed by atoms with Gasteiger partial charge in [-0.1, -0.05) is 29.7 Å². The van der Waals surface area contributed by atoms with Crippen LogP contribution in [-0.2, 0) is 23.9 Å². The molecule has 0 aliphatic heterocycles. The maximum absolute atomic E-state index is 12.3. The number of carbonyl (C=O) groups excluding carboxylic acids is 2. The standard InChI is InChI=1S/C16H21BNO6/c1-4-23-15(19)14(16(20)24-5-2)13(10-18(21)22-3)11-6-8-12(17)9-7-11/h6-9,13-14H,4-5,10H2,1-3H3/q+1/t13-/m1/s1. The zero-order valence-corrected chi connectivity index (χ0v) is 14.1. The Hall–Kier alpha value is -2.38. The molecule has 0 saturated carbocycles. The third kappa shape index (κ3) is 5.36. The van der Waals surface area contributed by atoms with E-state index in [1.807, 2.05) is 0 Å². The Morgan fingerprint density at radius 1 is 1.08 bits per heavy atom. The van der Waals surface area contributed by atoms with Crippen LogP contribution in [0.3, 0.4) is 0 Å². The van der Waals surface area contributed by atoms with Crippen LogP contribution in [0.25, 0.3) is 0 Å². The zero-order chi connectivity index (χ0) is 18.1. The lowest BCUT2D eigenvalue weighted by molar-refractivity contribution is -0.797. The smallest absolute Gasteiger partial charge is 0.321 e. The number of nitrogens with zero attached hydrogens (tertiary/aromatic N) is 1. The van der Waals surface area contributed by atoms with E-state index in [9.17, 15) is 14.5 Å². The van der Waals surface area contributed by atoms with Crippen molar-refractivity contribution in [2.45, 2.75) is 19.8 Å². The largest absolute Gasteiger partial charge is 0.465 e. The molecule has 0 N–H and O–H groups in total. The molecule has 7 nitrogen and oxygen atoms in total. The lowest BCUT2D eigenvalue weighted by Crippen LogP contribution is -2.37. The van der Waals surface area contributed by atoms with Gasteiger partial charge < -0.3 is 9.47 Å². The molecule has 0 aliphatic carbocycles. The Morgan fingerprint density at radius 2 is 1.58 bits per heavy atom. The molecular formula is C16H21BNO6+. The van der Waals surface area contributed by atoms with Crippen molar-refractivity contribution < 1.29 is 28.8 Å². The summed E-state index contributed by atoms with van der Waals surface area (Å²) in [5.41, 5.74) is 1.10. The van der Waals surface area contributed by atoms with Crippen LogP contribution < -0.4 is 5.46 Å². The van der Waals surface area contributed by atoms with Crippen LogP contribution in [0.2, 0.25) is 0 Å². The first-order valence-electron chi connectivity index (χ1n) is 7.62. The summed E-state index contributed by atoms with van der Waals surface area (Å²) in [5, 5.41) is 0. The summed E-state index contributed by atoms with van der Waals surface area (Å²) in [6.07, 6.45) is 0. The normalized spacial score (nSPS) is 11.7. The van der Waals surface area contributed by atoms with Gasteiger partial charge in [-0.3, -0.25) is 9.59 Å². The SMILES string of the molecule is [B]c1ccc([C@@H](C[N+](=O)OC)C(C(=O)OCC)C(=O)OCC)cc1. The Labute approximate surface area is 142 Å². The highest BCUT2D eigenvalue weighted by Gasteiger charge is 2.42. The van der Waals surface area contributed by atoms with Crippen molar-refractivity contribution in [1.29, 1.82) is 0 Å². The van der Waals surface area contributed by atoms with Crippen LogP contribution in [0.5, 0.6) is 0 Å². The fourth-order valence-electron chi connectivity index (χ4n) is 2.27. The van der Waals surface area contributed by atoms with Crippen molar-refractivity contribution >= 4 is 25.2 Å². The summed E-state index contributed by atoms with van der Waals surface area (Å²) in [7, 11) is 6.87. The lowest BCUT2D eigenvalue weighted by atomic mass is 9.84. The molecule has 0 aromatic heterocycles. The molecule has 0 fully saturated rings. The molecular weight excluding hydrogens is 313 g/mol. The fourth-order valence-corrected chi connectivity index (χ4v) is 2.27. The number of ether oxygens (including phenoxy) is 2. The number of benzene rings is 1. The van der Waals surface area contributed by atoms with Gasteiger partial charge in [-0.05, 0) is 19.4 Å². The molecule has 0 amide bonds. The van der Waals surface area contributed by atoms with Crippen LogP contribution in [0, 0.1) is 10.8 Å². The quantitative estimate of drug-likeness (QED) is 0.285. The van der Waals surface area contributed by atoms with Crippen molar-refractivity contribution in [2.75, 3.05) is 26.9 Å². The maximum atomic E-state index is 12.3. The molecule has 0 heterocycles. The molecule has 128 valence electrons. The summed E-state index contributed by atoms with van der Waals surface area (Å²) in [4.78, 5) is 41.2. The molecule has 1 rings (SSSR count). The highest BCUT2D eigenvalue weighted by molar-refractivity contribution is 6.32. The monoisotopic (exact) mass is 334 g/mol. The highest BCUT2D eigenvalue weighted by Crippen LogP contribution is 2.27. The third-order valence-electron chi connectivity index (χ3n) is 3.40. The van der Waals surface area contributed by atoms with Crippen molar-refractivity contribution in [3.8, 4) is 0 Å². The van der Waals surface area contributed by atoms with Gasteiger partial charge in [0.2, 0.25) is 4.92 Å². The van der Waals surface area contributed by atoms with Gasteiger partial charge in [0, 0.05) is 0 Å². The summed E-state index contributed by atoms with van der Waals surface area (Å²) < 4.78 is 9.97. The molecule has 1 aromatic rings. The molecule has 0 bridgehead atoms. The van der Waals surface area contributed by atoms with Gasteiger partial charge in [0.25, 0.3) is 6.54 Å². The van der Waals surface area contributed by atoms with Gasteiger partial charge in [0.1, 0.15) is 7.85 Å². The van der Waals surface area contributed by atoms with Gasteiger partial charge in [-0.15, -0.1) is 0 Å². The molecule has 0 unspecified atom stereocenters. The minimum absolute atomic E-state index is 0.106. The maximum Gasteiger partial charge on any atom is 0.321 e. The van der Waals surface area contributed by atoms with Crippen molar-refractivity contribution in [3.63, 3.8) is 0 Å². The van der Waals surface area contributed by atoms with Gasteiger partial charge in [0.05, 0.1) is 24.0 Å². The summed E-state index contributed by atoms with van der Waals surface area (Å²) in [6, 6.07) is 6.54. The predicted molar refractivity (Wildman–Crippen MR) is 86.8 cm³/mol. The Balaban J connectivity index is 3.26. The van der Waals surface area contributed by atoms with Gasteiger partial charge in [-0.25, -0.2) is 4.84 Å². The van der Waals surface area contributed by atoms with Crippen molar-refractivity contribution in [2.24, 2.45) is 5.92 Å². The van der Waals surface area contributed by atoms with Gasteiger partial charge in [-0.2, -0.15) is 0 Å². The molecule has 24 heavy (non-hydrogen) atoms. The number of hydrogen-bond acceptors (Lipinski definition) is 6. The molecule has 2 radical (unpaired) electrons. The first-order valence-corrected chi connectivity index (χ1v) is 7.62. The van der Waals surface area contributed by atoms with E-state index in [0.717, 1.165) is 0 Å². The van der Waals surface area contributed by atoms with E-state index in [1.165, 1.54) is 7.11 Å². The third-order valence-corrected chi connectivity index (χ3v) is 3.40. The van der Waals surface area contributed by atoms with Gasteiger partial charge in [0.15, 0.2) is 13.0 Å². The number of hydrogen-bond donors (Lipinski definition) is 0. The Kier molecular flexibility index (Phi) is 7.95. The first-order chi connectivity index (χ1) is 11.4. The molecule has 8 heteroatoms. The fraction of sp³-hybridized carbons (Fsp3) is 0.500. The van der Waals surface area contributed by atoms with Crippen LogP contribution in [0.4, 0.5) is 0 Å². The second kappa shape index (κ2) is 9.69. The second-order valence-electron chi connectivity index (χ2n) is 4.95. The summed E-state index contributed by atoms with van der Waals surface area (Å²) >= 11 is 0. The van der Waals surface area contributed by atoms with E-state index < -0.39 is 23.8 Å². The summed E-state index contributed by atoms with van der Waals surface area (Å²) in [5.74, 6) is -3.58. The minimum Gasteiger partial charge on any atom is -0.465 e. The molecule has 1 aromatic carbocycles. The molecule has 0 spiro atoms. The van der Waals surface area contributed by atoms with Crippen LogP contribution in [0.15, 0.2) is 24.3 Å². The van der Waals surface area contributed by atoms with Crippen molar-refractivity contribution in [1.82, 2.24) is 0 Å². The van der Waals surface area contributed by atoms with E-state index in [1.54, 1.807) is 38.1 Å². The predicted octanol–water partition coefficient (Wildman–Crippen LogP) is 0.647. The second-order valence-corrected chi connectivity index (χ2v) is 4.95. The molecule has 1 atom stereocenters. The van der Waals surface area contributed by atoms with E-state index in [0.29, 0.717) is 15.9 Å². The van der Waals surface area contributed by atoms with E-state index in [2.05, 4.69) is 4.84 Å². The van der Waals surface area contributed by atoms with E-state index in [4.69, 9.17) is 17.3 Å². The van der Waals surface area contributed by atoms with Crippen LogP contribution in [-0.4, -0.2) is 51.6 Å². The highest BCUT2D eigenvalue weighted by atomic mass is 16.8. The summed E-state index contributed by atoms with van der Waals surface area (Å²) in [6.45, 7) is 3.23. The number of esters is 2.